The number of nitrogens with zero attached hydrogens (tertiary/aromatic N) is 2. The molecule has 0 bridgehead atoms. The molecule has 3 rings (SSSR count). The number of hydrogen-bond acceptors (Lipinski definition) is 3. The molecule has 0 saturated heterocycles. The number of aryl methyl sites for hydroxylation is 1. The van der Waals surface area contributed by atoms with Gasteiger partial charge in [0.15, 0.2) is 0 Å². The molecule has 0 amide bonds. The van der Waals surface area contributed by atoms with Crippen LogP contribution in [0.3, 0.4) is 0 Å². The first-order chi connectivity index (χ1) is 10.2. The Bertz CT molecular complexity index is 654. The van der Waals surface area contributed by atoms with Gasteiger partial charge in [-0.3, -0.25) is 0 Å². The summed E-state index contributed by atoms with van der Waals surface area (Å²) in [5.74, 6) is 2.35. The summed E-state index contributed by atoms with van der Waals surface area (Å²) in [5.41, 5.74) is 3.98. The molecule has 0 saturated carbocycles. The van der Waals surface area contributed by atoms with E-state index in [0.29, 0.717) is 5.92 Å². The average molecular weight is 393 g/mol. The Morgan fingerprint density at radius 1 is 1.24 bits per heavy atom. The minimum absolute atomic E-state index is 0.366. The zero-order valence-electron chi connectivity index (χ0n) is 12.5. The zero-order chi connectivity index (χ0) is 14.8. The van der Waals surface area contributed by atoms with E-state index in [-0.39, 0.29) is 0 Å². The molecule has 0 fully saturated rings. The highest BCUT2D eigenvalue weighted by Crippen LogP contribution is 2.39. The number of hydrogen-bond donors (Lipinski definition) is 1. The fourth-order valence-electron chi connectivity index (χ4n) is 2.75. The van der Waals surface area contributed by atoms with Crippen LogP contribution in [0.5, 0.6) is 0 Å². The van der Waals surface area contributed by atoms with Crippen LogP contribution in [0.2, 0.25) is 0 Å². The highest BCUT2D eigenvalue weighted by molar-refractivity contribution is 14.1. The van der Waals surface area contributed by atoms with Gasteiger partial charge in [-0.15, -0.1) is 0 Å². The third-order valence-corrected chi connectivity index (χ3v) is 5.11. The van der Waals surface area contributed by atoms with E-state index in [1.807, 2.05) is 0 Å². The van der Waals surface area contributed by atoms with Crippen LogP contribution in [0.4, 0.5) is 5.82 Å². The second-order valence-electron chi connectivity index (χ2n) is 5.43. The molecular formula is C17H20IN3. The fraction of sp³-hybridized carbons (Fsp3) is 0.412. The molecule has 0 spiro atoms. The van der Waals surface area contributed by atoms with Crippen molar-refractivity contribution in [3.63, 3.8) is 0 Å². The van der Waals surface area contributed by atoms with Gasteiger partial charge in [0.1, 0.15) is 11.6 Å². The van der Waals surface area contributed by atoms with Crippen molar-refractivity contribution in [3.8, 4) is 0 Å². The largest absolute Gasteiger partial charge is 0.369 e. The highest BCUT2D eigenvalue weighted by atomic mass is 127. The monoisotopic (exact) mass is 393 g/mol. The molecule has 1 aliphatic rings. The lowest BCUT2D eigenvalue weighted by Gasteiger charge is -2.29. The summed E-state index contributed by atoms with van der Waals surface area (Å²) in [4.78, 5) is 9.63. The molecule has 1 heterocycles. The maximum absolute atomic E-state index is 4.82. The lowest BCUT2D eigenvalue weighted by Crippen LogP contribution is -2.22. The molecule has 0 aliphatic heterocycles. The molecular weight excluding hydrogens is 373 g/mol. The smallest absolute Gasteiger partial charge is 0.143 e. The van der Waals surface area contributed by atoms with Crippen LogP contribution in [0.15, 0.2) is 24.3 Å². The lowest BCUT2D eigenvalue weighted by atomic mass is 9.77. The van der Waals surface area contributed by atoms with Gasteiger partial charge in [0.25, 0.3) is 0 Å². The number of halogens is 1. The SMILES string of the molecule is CCCNc1nc(C2Cc3ccccc32)nc(CC)c1I. The van der Waals surface area contributed by atoms with Gasteiger partial charge in [-0.25, -0.2) is 9.97 Å². The minimum atomic E-state index is 0.366. The predicted octanol–water partition coefficient (Wildman–Crippen LogP) is 4.15. The van der Waals surface area contributed by atoms with Crippen LogP contribution in [0.25, 0.3) is 0 Å². The Morgan fingerprint density at radius 2 is 2.05 bits per heavy atom. The first-order valence-corrected chi connectivity index (χ1v) is 8.70. The molecule has 1 N–H and O–H groups in total. The molecule has 1 aromatic carbocycles. The third-order valence-electron chi connectivity index (χ3n) is 3.98. The van der Waals surface area contributed by atoms with E-state index in [2.05, 4.69) is 66.0 Å². The number of aromatic nitrogens is 2. The van der Waals surface area contributed by atoms with E-state index >= 15 is 0 Å². The molecule has 1 aromatic heterocycles. The van der Waals surface area contributed by atoms with Crippen LogP contribution in [-0.4, -0.2) is 16.5 Å². The first kappa shape index (κ1) is 14.8. The maximum Gasteiger partial charge on any atom is 0.143 e. The topological polar surface area (TPSA) is 37.8 Å². The van der Waals surface area contributed by atoms with Crippen LogP contribution in [0, 0.1) is 3.57 Å². The molecule has 0 radical (unpaired) electrons. The molecule has 1 atom stereocenters. The van der Waals surface area contributed by atoms with E-state index in [0.717, 1.165) is 43.1 Å². The Hall–Kier alpha value is -1.17. The van der Waals surface area contributed by atoms with E-state index in [1.54, 1.807) is 0 Å². The van der Waals surface area contributed by atoms with Gasteiger partial charge in [0.05, 0.1) is 9.26 Å². The van der Waals surface area contributed by atoms with Gasteiger partial charge in [-0.05, 0) is 53.0 Å². The average Bonchev–Trinajstić information content (AvgIpc) is 2.48. The van der Waals surface area contributed by atoms with Crippen molar-refractivity contribution in [1.29, 1.82) is 0 Å². The van der Waals surface area contributed by atoms with Gasteiger partial charge in [-0.2, -0.15) is 0 Å². The maximum atomic E-state index is 4.82. The summed E-state index contributed by atoms with van der Waals surface area (Å²) in [6.45, 7) is 5.29. The molecule has 3 nitrogen and oxygen atoms in total. The van der Waals surface area contributed by atoms with Gasteiger partial charge < -0.3 is 5.32 Å². The van der Waals surface area contributed by atoms with Crippen LogP contribution >= 0.6 is 22.6 Å². The molecule has 110 valence electrons. The summed E-state index contributed by atoms with van der Waals surface area (Å²) < 4.78 is 1.17. The van der Waals surface area contributed by atoms with E-state index in [4.69, 9.17) is 9.97 Å². The van der Waals surface area contributed by atoms with Crippen molar-refractivity contribution >= 4 is 28.4 Å². The molecule has 4 heteroatoms. The second-order valence-corrected chi connectivity index (χ2v) is 6.51. The summed E-state index contributed by atoms with van der Waals surface area (Å²) in [5, 5.41) is 3.45. The van der Waals surface area contributed by atoms with Crippen molar-refractivity contribution in [1.82, 2.24) is 9.97 Å². The van der Waals surface area contributed by atoms with Crippen LogP contribution in [-0.2, 0) is 12.8 Å². The number of nitrogens with one attached hydrogen (secondary N) is 1. The van der Waals surface area contributed by atoms with Crippen molar-refractivity contribution in [2.75, 3.05) is 11.9 Å². The number of fused-ring (bicyclic) bond motifs is 1. The van der Waals surface area contributed by atoms with Crippen molar-refractivity contribution < 1.29 is 0 Å². The zero-order valence-corrected chi connectivity index (χ0v) is 14.6. The predicted molar refractivity (Wildman–Crippen MR) is 94.9 cm³/mol. The normalized spacial score (nSPS) is 16.2. The Balaban J connectivity index is 1.96. The van der Waals surface area contributed by atoms with E-state index < -0.39 is 0 Å². The Labute approximate surface area is 139 Å². The van der Waals surface area contributed by atoms with Crippen LogP contribution in [0.1, 0.15) is 48.8 Å². The molecule has 21 heavy (non-hydrogen) atoms. The van der Waals surface area contributed by atoms with Gasteiger partial charge in [0, 0.05) is 12.5 Å². The highest BCUT2D eigenvalue weighted by Gasteiger charge is 2.30. The third kappa shape index (κ3) is 2.78. The van der Waals surface area contributed by atoms with Crippen LogP contribution < -0.4 is 5.32 Å². The minimum Gasteiger partial charge on any atom is -0.369 e. The van der Waals surface area contributed by atoms with E-state index in [1.165, 1.54) is 14.7 Å². The summed E-state index contributed by atoms with van der Waals surface area (Å²) in [6, 6.07) is 8.62. The Kier molecular flexibility index (Phi) is 4.42. The lowest BCUT2D eigenvalue weighted by molar-refractivity contribution is 0.653. The van der Waals surface area contributed by atoms with Crippen molar-refractivity contribution in [3.05, 3.63) is 50.5 Å². The quantitative estimate of drug-likeness (QED) is 0.776. The van der Waals surface area contributed by atoms with Gasteiger partial charge in [0.2, 0.25) is 0 Å². The molecule has 2 aromatic rings. The summed E-state index contributed by atoms with van der Waals surface area (Å²) in [6.07, 6.45) is 3.11. The summed E-state index contributed by atoms with van der Waals surface area (Å²) in [7, 11) is 0. The fourth-order valence-corrected chi connectivity index (χ4v) is 3.57. The van der Waals surface area contributed by atoms with Crippen molar-refractivity contribution in [2.45, 2.75) is 39.0 Å². The number of rotatable bonds is 5. The van der Waals surface area contributed by atoms with Gasteiger partial charge >= 0.3 is 0 Å². The van der Waals surface area contributed by atoms with E-state index in [9.17, 15) is 0 Å². The molecule has 1 unspecified atom stereocenters. The van der Waals surface area contributed by atoms with Crippen molar-refractivity contribution in [2.24, 2.45) is 0 Å². The Morgan fingerprint density at radius 3 is 2.76 bits per heavy atom. The summed E-state index contributed by atoms with van der Waals surface area (Å²) >= 11 is 2.36. The van der Waals surface area contributed by atoms with Gasteiger partial charge in [-0.1, -0.05) is 38.1 Å². The second kappa shape index (κ2) is 6.30. The number of benzene rings is 1. The standard InChI is InChI=1S/C17H20IN3/c1-3-9-19-17-15(18)14(4-2)20-16(21-17)13-10-11-7-5-6-8-12(11)13/h5-8,13H,3-4,9-10H2,1-2H3,(H,19,20,21). The first-order valence-electron chi connectivity index (χ1n) is 7.62. The number of anilines is 1. The molecule has 1 aliphatic carbocycles.